The molecule has 1 aromatic heterocycles. The van der Waals surface area contributed by atoms with E-state index >= 15 is 0 Å². The summed E-state index contributed by atoms with van der Waals surface area (Å²) in [5.41, 5.74) is 1.35. The Morgan fingerprint density at radius 1 is 1.19 bits per heavy atom. The lowest BCUT2D eigenvalue weighted by atomic mass is 10.1. The number of nitrogens with one attached hydrogen (secondary N) is 1. The van der Waals surface area contributed by atoms with E-state index in [2.05, 4.69) is 10.3 Å². The first-order valence-electron chi connectivity index (χ1n) is 7.80. The summed E-state index contributed by atoms with van der Waals surface area (Å²) in [7, 11) is 0. The first-order valence-corrected chi connectivity index (χ1v) is 8.61. The van der Waals surface area contributed by atoms with Gasteiger partial charge in [-0.1, -0.05) is 24.3 Å². The summed E-state index contributed by atoms with van der Waals surface area (Å²) in [5, 5.41) is 3.12. The first-order chi connectivity index (χ1) is 12.6. The molecule has 2 aromatic carbocycles. The second kappa shape index (κ2) is 8.35. The normalized spacial score (nSPS) is 10.3. The molecule has 0 saturated carbocycles. The molecule has 0 aliphatic carbocycles. The van der Waals surface area contributed by atoms with E-state index in [9.17, 15) is 14.0 Å². The average Bonchev–Trinajstić information content (AvgIpc) is 3.09. The minimum Gasteiger partial charge on any atom is -0.483 e. The summed E-state index contributed by atoms with van der Waals surface area (Å²) in [6, 6.07) is 12.9. The second-order valence-corrected chi connectivity index (χ2v) is 6.54. The number of benzene rings is 2. The van der Waals surface area contributed by atoms with Crippen LogP contribution in [0.4, 0.5) is 9.52 Å². The summed E-state index contributed by atoms with van der Waals surface area (Å²) in [5.74, 6) is -0.288. The number of ether oxygens (including phenoxy) is 1. The van der Waals surface area contributed by atoms with Gasteiger partial charge in [-0.15, -0.1) is 11.3 Å². The zero-order valence-corrected chi connectivity index (χ0v) is 14.5. The van der Waals surface area contributed by atoms with Crippen LogP contribution in [-0.2, 0) is 11.2 Å². The molecule has 0 radical (unpaired) electrons. The van der Waals surface area contributed by atoms with Crippen LogP contribution in [-0.4, -0.2) is 23.8 Å². The van der Waals surface area contributed by atoms with Crippen molar-refractivity contribution < 1.29 is 18.7 Å². The van der Waals surface area contributed by atoms with Gasteiger partial charge in [0.05, 0.1) is 5.56 Å². The van der Waals surface area contributed by atoms with Crippen LogP contribution in [0.2, 0.25) is 0 Å². The van der Waals surface area contributed by atoms with Crippen molar-refractivity contribution in [1.29, 1.82) is 0 Å². The minimum atomic E-state index is -0.367. The van der Waals surface area contributed by atoms with Crippen molar-refractivity contribution in [3.05, 3.63) is 76.5 Å². The Balaban J connectivity index is 1.54. The Labute approximate surface area is 153 Å². The largest absolute Gasteiger partial charge is 0.483 e. The topological polar surface area (TPSA) is 68.3 Å². The van der Waals surface area contributed by atoms with Gasteiger partial charge in [0, 0.05) is 17.5 Å². The van der Waals surface area contributed by atoms with Crippen molar-refractivity contribution in [2.75, 3.05) is 11.9 Å². The highest BCUT2D eigenvalue weighted by atomic mass is 32.1. The maximum absolute atomic E-state index is 12.9. The van der Waals surface area contributed by atoms with Gasteiger partial charge >= 0.3 is 0 Å². The van der Waals surface area contributed by atoms with Crippen LogP contribution >= 0.6 is 11.3 Å². The van der Waals surface area contributed by atoms with Crippen molar-refractivity contribution in [2.45, 2.75) is 6.42 Å². The molecule has 132 valence electrons. The highest BCUT2D eigenvalue weighted by Crippen LogP contribution is 2.21. The summed E-state index contributed by atoms with van der Waals surface area (Å²) in [6.07, 6.45) is 2.96. The van der Waals surface area contributed by atoms with Crippen molar-refractivity contribution >= 4 is 28.7 Å². The van der Waals surface area contributed by atoms with E-state index in [1.165, 1.54) is 23.5 Å². The molecule has 0 aliphatic heterocycles. The zero-order chi connectivity index (χ0) is 18.4. The molecular weight excluding hydrogens is 355 g/mol. The second-order valence-electron chi connectivity index (χ2n) is 5.43. The van der Waals surface area contributed by atoms with E-state index in [4.69, 9.17) is 4.74 Å². The number of anilines is 1. The molecule has 3 rings (SSSR count). The molecule has 0 aliphatic rings. The monoisotopic (exact) mass is 370 g/mol. The Kier molecular flexibility index (Phi) is 5.70. The molecule has 0 bridgehead atoms. The van der Waals surface area contributed by atoms with Crippen molar-refractivity contribution in [1.82, 2.24) is 4.98 Å². The summed E-state index contributed by atoms with van der Waals surface area (Å²) in [6.45, 7) is -0.224. The predicted octanol–water partition coefficient (Wildman–Crippen LogP) is 3.70. The number of aldehydes is 1. The van der Waals surface area contributed by atoms with E-state index in [1.54, 1.807) is 42.6 Å². The molecule has 0 saturated heterocycles. The molecule has 26 heavy (non-hydrogen) atoms. The average molecular weight is 370 g/mol. The maximum Gasteiger partial charge on any atom is 0.264 e. The van der Waals surface area contributed by atoms with E-state index in [1.807, 2.05) is 0 Å². The number of hydrogen-bond donors (Lipinski definition) is 1. The minimum absolute atomic E-state index is 0.224. The molecule has 0 atom stereocenters. The van der Waals surface area contributed by atoms with Crippen molar-refractivity contribution in [3.63, 3.8) is 0 Å². The molecule has 1 amide bonds. The molecule has 0 fully saturated rings. The summed E-state index contributed by atoms with van der Waals surface area (Å²) < 4.78 is 18.3. The molecule has 1 N–H and O–H groups in total. The molecule has 0 unspecified atom stereocenters. The van der Waals surface area contributed by atoms with E-state index in [0.717, 1.165) is 10.4 Å². The van der Waals surface area contributed by atoms with Gasteiger partial charge in [-0.2, -0.15) is 0 Å². The van der Waals surface area contributed by atoms with E-state index < -0.39 is 0 Å². The molecule has 0 spiro atoms. The van der Waals surface area contributed by atoms with Crippen LogP contribution in [0.5, 0.6) is 5.75 Å². The van der Waals surface area contributed by atoms with Gasteiger partial charge in [0.25, 0.3) is 5.91 Å². The number of amides is 1. The lowest BCUT2D eigenvalue weighted by Gasteiger charge is -2.07. The highest BCUT2D eigenvalue weighted by molar-refractivity contribution is 7.15. The van der Waals surface area contributed by atoms with Crippen LogP contribution in [0.1, 0.15) is 20.8 Å². The maximum atomic E-state index is 12.9. The third kappa shape index (κ3) is 4.73. The third-order valence-electron chi connectivity index (χ3n) is 3.50. The van der Waals surface area contributed by atoms with E-state index in [0.29, 0.717) is 29.2 Å². The molecule has 1 heterocycles. The Bertz CT molecular complexity index is 909. The smallest absolute Gasteiger partial charge is 0.264 e. The molecule has 5 nitrogen and oxygen atoms in total. The van der Waals surface area contributed by atoms with Crippen molar-refractivity contribution in [2.24, 2.45) is 0 Å². The number of carbonyl (C=O) groups excluding carboxylic acids is 2. The van der Waals surface area contributed by atoms with Gasteiger partial charge < -0.3 is 4.74 Å². The Morgan fingerprint density at radius 2 is 1.96 bits per heavy atom. The quantitative estimate of drug-likeness (QED) is 0.644. The van der Waals surface area contributed by atoms with Crippen molar-refractivity contribution in [3.8, 4) is 5.75 Å². The zero-order valence-electron chi connectivity index (χ0n) is 13.6. The van der Waals surface area contributed by atoms with Gasteiger partial charge in [-0.05, 0) is 29.8 Å². The number of rotatable bonds is 7. The lowest BCUT2D eigenvalue weighted by Crippen LogP contribution is -2.20. The van der Waals surface area contributed by atoms with Crippen LogP contribution in [0, 0.1) is 5.82 Å². The number of carbonyl (C=O) groups is 2. The molecule has 7 heteroatoms. The Hall–Kier alpha value is -3.06. The number of aromatic nitrogens is 1. The molecular formula is C19H15FN2O3S. The van der Waals surface area contributed by atoms with Crippen LogP contribution < -0.4 is 10.1 Å². The number of thiazole rings is 1. The Morgan fingerprint density at radius 3 is 2.73 bits per heavy atom. The number of halogens is 1. The summed E-state index contributed by atoms with van der Waals surface area (Å²) in [4.78, 5) is 28.0. The van der Waals surface area contributed by atoms with Gasteiger partial charge in [-0.3, -0.25) is 14.9 Å². The summed E-state index contributed by atoms with van der Waals surface area (Å²) >= 11 is 1.34. The predicted molar refractivity (Wildman–Crippen MR) is 97.3 cm³/mol. The SMILES string of the molecule is O=Cc1ccccc1OCC(=O)Nc1ncc(Cc2ccc(F)cc2)s1. The fraction of sp³-hybridized carbons (Fsp3) is 0.105. The van der Waals surface area contributed by atoms with Crippen LogP contribution in [0.15, 0.2) is 54.7 Å². The number of nitrogens with zero attached hydrogens (tertiary/aromatic N) is 1. The van der Waals surface area contributed by atoms with E-state index in [-0.39, 0.29) is 18.3 Å². The van der Waals surface area contributed by atoms with Crippen LogP contribution in [0.25, 0.3) is 0 Å². The highest BCUT2D eigenvalue weighted by Gasteiger charge is 2.09. The van der Waals surface area contributed by atoms with Gasteiger partial charge in [0.2, 0.25) is 0 Å². The first kappa shape index (κ1) is 17.8. The fourth-order valence-electron chi connectivity index (χ4n) is 2.26. The fourth-order valence-corrected chi connectivity index (χ4v) is 3.12. The van der Waals surface area contributed by atoms with Gasteiger partial charge in [-0.25, -0.2) is 9.37 Å². The lowest BCUT2D eigenvalue weighted by molar-refractivity contribution is -0.118. The van der Waals surface area contributed by atoms with Gasteiger partial charge in [0.1, 0.15) is 11.6 Å². The molecule has 3 aromatic rings. The number of hydrogen-bond acceptors (Lipinski definition) is 5. The van der Waals surface area contributed by atoms with Gasteiger partial charge in [0.15, 0.2) is 18.0 Å². The number of para-hydroxylation sites is 1. The van der Waals surface area contributed by atoms with Crippen LogP contribution in [0.3, 0.4) is 0 Å². The standard InChI is InChI=1S/C19H15FN2O3S/c20-15-7-5-13(6-8-15)9-16-10-21-19(26-16)22-18(24)12-25-17-4-2-1-3-14(17)11-23/h1-8,10-11H,9,12H2,(H,21,22,24). The third-order valence-corrected chi connectivity index (χ3v) is 4.41.